The van der Waals surface area contributed by atoms with E-state index >= 15 is 0 Å². The van der Waals surface area contributed by atoms with E-state index < -0.39 is 0 Å². The average molecular weight is 325 g/mol. The molecule has 0 unspecified atom stereocenters. The van der Waals surface area contributed by atoms with E-state index in [1.165, 1.54) is 17.5 Å². The minimum absolute atomic E-state index is 0.159. The first-order valence-corrected chi connectivity index (χ1v) is 8.11. The Bertz CT molecular complexity index is 831. The third-order valence-corrected chi connectivity index (χ3v) is 4.48. The van der Waals surface area contributed by atoms with Crippen LogP contribution in [0.4, 0.5) is 0 Å². The second kappa shape index (κ2) is 6.03. The molecule has 0 fully saturated rings. The van der Waals surface area contributed by atoms with Crippen molar-refractivity contribution in [3.8, 4) is 0 Å². The molecule has 0 aliphatic heterocycles. The monoisotopic (exact) mass is 325 g/mol. The van der Waals surface area contributed by atoms with Gasteiger partial charge in [-0.15, -0.1) is 0 Å². The number of furan rings is 2. The van der Waals surface area contributed by atoms with E-state index in [9.17, 15) is 4.79 Å². The van der Waals surface area contributed by atoms with Crippen LogP contribution in [0.2, 0.25) is 0 Å². The molecule has 3 aromatic heterocycles. The molecule has 1 aliphatic carbocycles. The molecule has 1 aliphatic rings. The van der Waals surface area contributed by atoms with E-state index in [1.807, 2.05) is 23.9 Å². The molecule has 24 heavy (non-hydrogen) atoms. The predicted octanol–water partition coefficient (Wildman–Crippen LogP) is 2.94. The van der Waals surface area contributed by atoms with Gasteiger partial charge in [0.05, 0.1) is 31.3 Å². The van der Waals surface area contributed by atoms with Gasteiger partial charge in [0.2, 0.25) is 0 Å². The van der Waals surface area contributed by atoms with Crippen LogP contribution >= 0.6 is 0 Å². The van der Waals surface area contributed by atoms with Crippen molar-refractivity contribution in [1.82, 2.24) is 14.7 Å². The second-order valence-corrected chi connectivity index (χ2v) is 6.07. The molecule has 6 nitrogen and oxygen atoms in total. The fourth-order valence-electron chi connectivity index (χ4n) is 3.35. The van der Waals surface area contributed by atoms with Crippen molar-refractivity contribution >= 4 is 5.91 Å². The molecule has 3 aromatic rings. The summed E-state index contributed by atoms with van der Waals surface area (Å²) in [6, 6.07) is 7.09. The Balaban J connectivity index is 1.63. The lowest BCUT2D eigenvalue weighted by Gasteiger charge is -2.20. The minimum Gasteiger partial charge on any atom is -0.467 e. The van der Waals surface area contributed by atoms with E-state index in [2.05, 4.69) is 5.10 Å². The van der Waals surface area contributed by atoms with E-state index in [0.717, 1.165) is 30.7 Å². The first-order valence-electron chi connectivity index (χ1n) is 8.11. The number of aryl methyl sites for hydroxylation is 1. The molecule has 0 aromatic carbocycles. The van der Waals surface area contributed by atoms with Crippen molar-refractivity contribution in [1.29, 1.82) is 0 Å². The number of hydrogen-bond acceptors (Lipinski definition) is 4. The summed E-state index contributed by atoms with van der Waals surface area (Å²) in [5.74, 6) is 0.908. The molecule has 4 rings (SSSR count). The first-order chi connectivity index (χ1) is 11.7. The van der Waals surface area contributed by atoms with Gasteiger partial charge in [0.1, 0.15) is 5.76 Å². The normalized spacial score (nSPS) is 13.2. The van der Waals surface area contributed by atoms with E-state index in [-0.39, 0.29) is 5.91 Å². The third kappa shape index (κ3) is 2.64. The molecular weight excluding hydrogens is 306 g/mol. The molecule has 3 heterocycles. The van der Waals surface area contributed by atoms with Crippen molar-refractivity contribution in [3.05, 3.63) is 65.3 Å². The van der Waals surface area contributed by atoms with E-state index in [0.29, 0.717) is 18.8 Å². The van der Waals surface area contributed by atoms with Gasteiger partial charge in [0.25, 0.3) is 5.91 Å². The summed E-state index contributed by atoms with van der Waals surface area (Å²) in [5, 5.41) is 4.63. The minimum atomic E-state index is -0.159. The lowest BCUT2D eigenvalue weighted by atomic mass is 10.2. The van der Waals surface area contributed by atoms with Crippen LogP contribution in [0.5, 0.6) is 0 Å². The number of fused-ring (bicyclic) bond motifs is 1. The number of aromatic nitrogens is 2. The largest absolute Gasteiger partial charge is 0.467 e. The molecule has 0 radical (unpaired) electrons. The van der Waals surface area contributed by atoms with Crippen LogP contribution < -0.4 is 0 Å². The zero-order chi connectivity index (χ0) is 16.5. The number of carbonyl (C=O) groups excluding carboxylic acids is 1. The zero-order valence-electron chi connectivity index (χ0n) is 13.6. The molecule has 0 N–H and O–H groups in total. The number of carbonyl (C=O) groups is 1. The second-order valence-electron chi connectivity index (χ2n) is 6.07. The molecule has 0 bridgehead atoms. The molecule has 0 spiro atoms. The summed E-state index contributed by atoms with van der Waals surface area (Å²) in [5.41, 5.74) is 3.54. The van der Waals surface area contributed by atoms with Crippen LogP contribution in [0.3, 0.4) is 0 Å². The number of nitrogens with zero attached hydrogens (tertiary/aromatic N) is 3. The van der Waals surface area contributed by atoms with Crippen LogP contribution in [-0.2, 0) is 33.0 Å². The van der Waals surface area contributed by atoms with Gasteiger partial charge in [-0.05, 0) is 49.1 Å². The Labute approximate surface area is 139 Å². The Morgan fingerprint density at radius 1 is 1.21 bits per heavy atom. The highest BCUT2D eigenvalue weighted by Gasteiger charge is 2.26. The van der Waals surface area contributed by atoms with Crippen molar-refractivity contribution in [3.63, 3.8) is 0 Å². The maximum Gasteiger partial charge on any atom is 0.290 e. The maximum absolute atomic E-state index is 12.8. The van der Waals surface area contributed by atoms with Crippen molar-refractivity contribution in [2.24, 2.45) is 7.05 Å². The van der Waals surface area contributed by atoms with Crippen LogP contribution in [0.25, 0.3) is 0 Å². The molecule has 6 heteroatoms. The summed E-state index contributed by atoms with van der Waals surface area (Å²) in [6.07, 6.45) is 6.36. The highest BCUT2D eigenvalue weighted by Crippen LogP contribution is 2.26. The molecule has 1 amide bonds. The van der Waals surface area contributed by atoms with E-state index in [1.54, 1.807) is 23.3 Å². The Morgan fingerprint density at radius 2 is 2.04 bits per heavy atom. The molecule has 0 saturated heterocycles. The smallest absolute Gasteiger partial charge is 0.290 e. The molecule has 124 valence electrons. The zero-order valence-corrected chi connectivity index (χ0v) is 13.6. The van der Waals surface area contributed by atoms with Gasteiger partial charge >= 0.3 is 0 Å². The number of amides is 1. The van der Waals surface area contributed by atoms with Gasteiger partial charge in [-0.25, -0.2) is 0 Å². The van der Waals surface area contributed by atoms with Crippen LogP contribution in [0.1, 0.15) is 39.7 Å². The van der Waals surface area contributed by atoms with Crippen LogP contribution in [0, 0.1) is 0 Å². The average Bonchev–Trinajstić information content (AvgIpc) is 3.35. The Morgan fingerprint density at radius 3 is 2.79 bits per heavy atom. The number of rotatable bonds is 5. The highest BCUT2D eigenvalue weighted by atomic mass is 16.3. The van der Waals surface area contributed by atoms with Gasteiger partial charge < -0.3 is 13.7 Å². The van der Waals surface area contributed by atoms with Gasteiger partial charge in [-0.3, -0.25) is 9.48 Å². The SMILES string of the molecule is Cn1nc(CN(Cc2ccco2)C(=O)c2ccco2)c2c1CCC2. The van der Waals surface area contributed by atoms with Crippen molar-refractivity contribution in [2.45, 2.75) is 32.4 Å². The lowest BCUT2D eigenvalue weighted by Crippen LogP contribution is -2.30. The Hall–Kier alpha value is -2.76. The van der Waals surface area contributed by atoms with Gasteiger partial charge in [0, 0.05) is 12.7 Å². The first kappa shape index (κ1) is 14.8. The van der Waals surface area contributed by atoms with Crippen molar-refractivity contribution < 1.29 is 13.6 Å². The summed E-state index contributed by atoms with van der Waals surface area (Å²) in [4.78, 5) is 14.5. The van der Waals surface area contributed by atoms with Crippen LogP contribution in [-0.4, -0.2) is 20.6 Å². The topological polar surface area (TPSA) is 64.4 Å². The van der Waals surface area contributed by atoms with Crippen LogP contribution in [0.15, 0.2) is 45.6 Å². The quantitative estimate of drug-likeness (QED) is 0.723. The maximum atomic E-state index is 12.8. The van der Waals surface area contributed by atoms with Gasteiger partial charge in [-0.1, -0.05) is 0 Å². The summed E-state index contributed by atoms with van der Waals surface area (Å²) >= 11 is 0. The standard InChI is InChI=1S/C18H19N3O3/c1-20-16-7-2-6-14(16)15(19-20)12-21(11-13-5-3-9-23-13)18(22)17-8-4-10-24-17/h3-5,8-10H,2,6-7,11-12H2,1H3. The van der Waals surface area contributed by atoms with E-state index in [4.69, 9.17) is 8.83 Å². The Kier molecular flexibility index (Phi) is 3.72. The summed E-state index contributed by atoms with van der Waals surface area (Å²) in [6.45, 7) is 0.835. The highest BCUT2D eigenvalue weighted by molar-refractivity contribution is 5.91. The predicted molar refractivity (Wildman–Crippen MR) is 86.2 cm³/mol. The van der Waals surface area contributed by atoms with Gasteiger partial charge in [-0.2, -0.15) is 5.10 Å². The fourth-order valence-corrected chi connectivity index (χ4v) is 3.35. The van der Waals surface area contributed by atoms with Gasteiger partial charge in [0.15, 0.2) is 5.76 Å². The third-order valence-electron chi connectivity index (χ3n) is 4.48. The summed E-state index contributed by atoms with van der Waals surface area (Å²) < 4.78 is 12.6. The molecule has 0 atom stereocenters. The van der Waals surface area contributed by atoms with Crippen molar-refractivity contribution in [2.75, 3.05) is 0 Å². The molecular formula is C18H19N3O3. The molecule has 0 saturated carbocycles. The lowest BCUT2D eigenvalue weighted by molar-refractivity contribution is 0.0682. The fraction of sp³-hybridized carbons (Fsp3) is 0.333. The number of hydrogen-bond donors (Lipinski definition) is 0. The summed E-state index contributed by atoms with van der Waals surface area (Å²) in [7, 11) is 1.97.